The second kappa shape index (κ2) is 7.00. The number of nitrogens with zero attached hydrogens (tertiary/aromatic N) is 2. The number of rotatable bonds is 2. The zero-order valence-electron chi connectivity index (χ0n) is 14.5. The van der Waals surface area contributed by atoms with Gasteiger partial charge in [0.05, 0.1) is 12.6 Å². The molecule has 25 heavy (non-hydrogen) atoms. The number of fused-ring (bicyclic) bond motifs is 1. The lowest BCUT2D eigenvalue weighted by molar-refractivity contribution is -0.122. The number of aliphatic hydroxyl groups excluding tert-OH is 1. The van der Waals surface area contributed by atoms with Crippen molar-refractivity contribution in [1.82, 2.24) is 9.80 Å². The summed E-state index contributed by atoms with van der Waals surface area (Å²) < 4.78 is 14.3. The van der Waals surface area contributed by atoms with E-state index in [2.05, 4.69) is 5.32 Å². The van der Waals surface area contributed by atoms with Crippen LogP contribution in [0.5, 0.6) is 0 Å². The van der Waals surface area contributed by atoms with Crippen molar-refractivity contribution in [3.8, 4) is 0 Å². The molecule has 1 fully saturated rings. The molecule has 2 aliphatic heterocycles. The van der Waals surface area contributed by atoms with Crippen LogP contribution in [-0.2, 0) is 11.3 Å². The molecule has 2 heterocycles. The number of amides is 3. The minimum absolute atomic E-state index is 0.0290. The number of anilines is 1. The van der Waals surface area contributed by atoms with Crippen LogP contribution in [0.15, 0.2) is 18.2 Å². The average Bonchev–Trinajstić information content (AvgIpc) is 2.95. The van der Waals surface area contributed by atoms with Gasteiger partial charge >= 0.3 is 6.03 Å². The lowest BCUT2D eigenvalue weighted by atomic mass is 9.97. The SMILES string of the molecule is CCC(C)C1C(=O)Nc2cccc(F)c2CN1C(=O)N1CCC(O)C1. The first kappa shape index (κ1) is 17.7. The van der Waals surface area contributed by atoms with E-state index < -0.39 is 18.0 Å². The smallest absolute Gasteiger partial charge is 0.321 e. The first-order chi connectivity index (χ1) is 11.9. The standard InChI is InChI=1S/C18H24FN3O3/c1-3-11(2)16-17(24)20-15-6-4-5-14(19)13(15)10-22(16)18(25)21-8-7-12(23)9-21/h4-6,11-12,16,23H,3,7-10H2,1-2H3,(H,20,24). The number of benzene rings is 1. The Bertz CT molecular complexity index is 682. The van der Waals surface area contributed by atoms with E-state index in [-0.39, 0.29) is 30.9 Å². The van der Waals surface area contributed by atoms with Crippen LogP contribution in [0, 0.1) is 11.7 Å². The van der Waals surface area contributed by atoms with Crippen molar-refractivity contribution in [1.29, 1.82) is 0 Å². The molecule has 2 aliphatic rings. The van der Waals surface area contributed by atoms with Crippen molar-refractivity contribution >= 4 is 17.6 Å². The third-order valence-electron chi connectivity index (χ3n) is 5.17. The second-order valence-electron chi connectivity index (χ2n) is 6.88. The summed E-state index contributed by atoms with van der Waals surface area (Å²) in [6.45, 7) is 4.58. The molecule has 0 saturated carbocycles. The highest BCUT2D eigenvalue weighted by Crippen LogP contribution is 2.30. The van der Waals surface area contributed by atoms with Crippen LogP contribution in [0.25, 0.3) is 0 Å². The summed E-state index contributed by atoms with van der Waals surface area (Å²) in [5.41, 5.74) is 0.727. The molecule has 6 nitrogen and oxygen atoms in total. The van der Waals surface area contributed by atoms with E-state index in [4.69, 9.17) is 0 Å². The lowest BCUT2D eigenvalue weighted by Crippen LogP contribution is -2.53. The number of likely N-dealkylation sites (tertiary alicyclic amines) is 1. The molecule has 0 aliphatic carbocycles. The quantitative estimate of drug-likeness (QED) is 0.860. The third-order valence-corrected chi connectivity index (χ3v) is 5.17. The van der Waals surface area contributed by atoms with Crippen LogP contribution in [0.4, 0.5) is 14.9 Å². The molecule has 0 aromatic heterocycles. The van der Waals surface area contributed by atoms with Crippen molar-refractivity contribution in [2.45, 2.75) is 45.4 Å². The molecular weight excluding hydrogens is 325 g/mol. The first-order valence-corrected chi connectivity index (χ1v) is 8.74. The van der Waals surface area contributed by atoms with Crippen LogP contribution < -0.4 is 5.32 Å². The Balaban J connectivity index is 1.99. The van der Waals surface area contributed by atoms with Gasteiger partial charge in [-0.1, -0.05) is 26.3 Å². The van der Waals surface area contributed by atoms with Gasteiger partial charge < -0.3 is 20.2 Å². The molecule has 3 atom stereocenters. The van der Waals surface area contributed by atoms with Crippen molar-refractivity contribution < 1.29 is 19.1 Å². The number of carbonyl (C=O) groups is 2. The molecule has 1 saturated heterocycles. The summed E-state index contributed by atoms with van der Waals surface area (Å²) >= 11 is 0. The number of urea groups is 1. The van der Waals surface area contributed by atoms with Crippen LogP contribution in [-0.4, -0.2) is 52.1 Å². The van der Waals surface area contributed by atoms with Crippen LogP contribution >= 0.6 is 0 Å². The van der Waals surface area contributed by atoms with Crippen LogP contribution in [0.1, 0.15) is 32.3 Å². The minimum Gasteiger partial charge on any atom is -0.391 e. The molecule has 7 heteroatoms. The van der Waals surface area contributed by atoms with E-state index in [9.17, 15) is 19.1 Å². The van der Waals surface area contributed by atoms with Gasteiger partial charge in [0.1, 0.15) is 11.9 Å². The number of hydrogen-bond acceptors (Lipinski definition) is 3. The number of halogens is 1. The molecular formula is C18H24FN3O3. The van der Waals surface area contributed by atoms with Crippen molar-refractivity contribution in [3.05, 3.63) is 29.6 Å². The molecule has 3 rings (SSSR count). The van der Waals surface area contributed by atoms with Crippen molar-refractivity contribution in [2.24, 2.45) is 5.92 Å². The molecule has 3 amide bonds. The molecule has 3 unspecified atom stereocenters. The number of β-amino-alcohol motifs (C(OH)–C–C–N with tert-alkyl or cyclic N) is 1. The fraction of sp³-hybridized carbons (Fsp3) is 0.556. The van der Waals surface area contributed by atoms with Gasteiger partial charge in [-0.2, -0.15) is 0 Å². The molecule has 1 aromatic carbocycles. The van der Waals surface area contributed by atoms with Crippen molar-refractivity contribution in [3.63, 3.8) is 0 Å². The minimum atomic E-state index is -0.679. The maximum absolute atomic E-state index is 14.3. The Kier molecular flexibility index (Phi) is 4.94. The highest BCUT2D eigenvalue weighted by molar-refractivity contribution is 5.98. The Labute approximate surface area is 146 Å². The Hall–Kier alpha value is -2.15. The van der Waals surface area contributed by atoms with Crippen LogP contribution in [0.2, 0.25) is 0 Å². The summed E-state index contributed by atoms with van der Waals surface area (Å²) in [6, 6.07) is 3.52. The Morgan fingerprint density at radius 3 is 2.88 bits per heavy atom. The Morgan fingerprint density at radius 2 is 2.24 bits per heavy atom. The van der Waals surface area contributed by atoms with E-state index in [0.29, 0.717) is 30.6 Å². The van der Waals surface area contributed by atoms with Crippen molar-refractivity contribution in [2.75, 3.05) is 18.4 Å². The van der Waals surface area contributed by atoms with Gasteiger partial charge in [-0.25, -0.2) is 9.18 Å². The third kappa shape index (κ3) is 3.33. The number of nitrogens with one attached hydrogen (secondary N) is 1. The fourth-order valence-electron chi connectivity index (χ4n) is 3.53. The van der Waals surface area contributed by atoms with Gasteiger partial charge in [-0.05, 0) is 24.5 Å². The number of hydrogen-bond donors (Lipinski definition) is 2. The molecule has 2 N–H and O–H groups in total. The second-order valence-corrected chi connectivity index (χ2v) is 6.88. The van der Waals surface area contributed by atoms with E-state index in [1.54, 1.807) is 17.0 Å². The van der Waals surface area contributed by atoms with E-state index in [1.165, 1.54) is 11.0 Å². The normalized spacial score (nSPS) is 24.6. The summed E-state index contributed by atoms with van der Waals surface area (Å²) in [7, 11) is 0. The van der Waals surface area contributed by atoms with Gasteiger partial charge in [0, 0.05) is 24.3 Å². The average molecular weight is 349 g/mol. The summed E-state index contributed by atoms with van der Waals surface area (Å²) in [5, 5.41) is 12.5. The van der Waals surface area contributed by atoms with Gasteiger partial charge in [0.25, 0.3) is 0 Å². The highest BCUT2D eigenvalue weighted by atomic mass is 19.1. The predicted octanol–water partition coefficient (Wildman–Crippen LogP) is 2.18. The Morgan fingerprint density at radius 1 is 1.48 bits per heavy atom. The van der Waals surface area contributed by atoms with E-state index >= 15 is 0 Å². The lowest BCUT2D eigenvalue weighted by Gasteiger charge is -2.35. The van der Waals surface area contributed by atoms with E-state index in [1.807, 2.05) is 13.8 Å². The summed E-state index contributed by atoms with van der Waals surface area (Å²) in [6.07, 6.45) is 0.685. The van der Waals surface area contributed by atoms with Gasteiger partial charge in [0.15, 0.2) is 0 Å². The maximum atomic E-state index is 14.3. The first-order valence-electron chi connectivity index (χ1n) is 8.74. The van der Waals surface area contributed by atoms with Gasteiger partial charge in [-0.15, -0.1) is 0 Å². The topological polar surface area (TPSA) is 72.9 Å². The molecule has 1 aromatic rings. The largest absolute Gasteiger partial charge is 0.391 e. The maximum Gasteiger partial charge on any atom is 0.321 e. The molecule has 136 valence electrons. The molecule has 0 spiro atoms. The van der Waals surface area contributed by atoms with Crippen LogP contribution in [0.3, 0.4) is 0 Å². The monoisotopic (exact) mass is 349 g/mol. The fourth-order valence-corrected chi connectivity index (χ4v) is 3.53. The number of carbonyl (C=O) groups excluding carboxylic acids is 2. The zero-order chi connectivity index (χ0) is 18.1. The number of aliphatic hydroxyl groups is 1. The molecule has 0 radical (unpaired) electrons. The van der Waals surface area contributed by atoms with Gasteiger partial charge in [0.2, 0.25) is 5.91 Å². The molecule has 0 bridgehead atoms. The predicted molar refractivity (Wildman–Crippen MR) is 91.4 cm³/mol. The summed E-state index contributed by atoms with van der Waals surface area (Å²) in [4.78, 5) is 28.8. The zero-order valence-corrected chi connectivity index (χ0v) is 14.5. The summed E-state index contributed by atoms with van der Waals surface area (Å²) in [5.74, 6) is -0.817. The van der Waals surface area contributed by atoms with E-state index in [0.717, 1.165) is 0 Å². The van der Waals surface area contributed by atoms with Gasteiger partial charge in [-0.3, -0.25) is 4.79 Å². The highest BCUT2D eigenvalue weighted by Gasteiger charge is 2.40.